The third kappa shape index (κ3) is 1.68. The highest BCUT2D eigenvalue weighted by Crippen LogP contribution is 2.35. The van der Waals surface area contributed by atoms with Crippen LogP contribution < -0.4 is 11.3 Å². The summed E-state index contributed by atoms with van der Waals surface area (Å²) in [6.07, 6.45) is 3.03. The quantitative estimate of drug-likeness (QED) is 0.600. The average molecular weight is 250 g/mol. The van der Waals surface area contributed by atoms with E-state index in [1.54, 1.807) is 6.20 Å². The second-order valence-corrected chi connectivity index (χ2v) is 4.43. The summed E-state index contributed by atoms with van der Waals surface area (Å²) < 4.78 is 5.68. The second-order valence-electron chi connectivity index (χ2n) is 4.43. The molecule has 2 aromatic rings. The molecule has 7 heteroatoms. The molecule has 2 aromatic heterocycles. The van der Waals surface area contributed by atoms with Crippen LogP contribution in [0.5, 0.6) is 0 Å². The maximum absolute atomic E-state index is 11.7. The van der Waals surface area contributed by atoms with Crippen LogP contribution in [0.4, 0.5) is 5.95 Å². The van der Waals surface area contributed by atoms with Gasteiger partial charge in [0.05, 0.1) is 18.8 Å². The van der Waals surface area contributed by atoms with E-state index in [0.717, 1.165) is 18.4 Å². The Kier molecular flexibility index (Phi) is 2.57. The lowest BCUT2D eigenvalue weighted by atomic mass is 10.1. The minimum absolute atomic E-state index is 0.00893. The Morgan fingerprint density at radius 1 is 1.56 bits per heavy atom. The van der Waals surface area contributed by atoms with Crippen LogP contribution in [0.1, 0.15) is 24.5 Å². The molecule has 0 spiro atoms. The van der Waals surface area contributed by atoms with Crippen LogP contribution in [-0.4, -0.2) is 32.8 Å². The molecule has 0 radical (unpaired) electrons. The number of nitrogens with one attached hydrogen (secondary N) is 2. The number of nitrogens with two attached hydrogens (primary N) is 1. The van der Waals surface area contributed by atoms with E-state index in [1.165, 1.54) is 0 Å². The minimum atomic E-state index is -0.291. The summed E-state index contributed by atoms with van der Waals surface area (Å²) in [5, 5.41) is 9.06. The summed E-state index contributed by atoms with van der Waals surface area (Å²) in [7, 11) is 0. The number of H-pyrrole nitrogens is 2. The summed E-state index contributed by atoms with van der Waals surface area (Å²) >= 11 is 0. The largest absolute Gasteiger partial charge is 0.394 e. The number of aliphatic hydroxyl groups is 1. The number of aliphatic hydroxyl groups excluding tert-OH is 1. The monoisotopic (exact) mass is 250 g/mol. The zero-order chi connectivity index (χ0) is 12.7. The van der Waals surface area contributed by atoms with Crippen molar-refractivity contribution < 1.29 is 9.84 Å². The molecule has 1 aliphatic heterocycles. The summed E-state index contributed by atoms with van der Waals surface area (Å²) in [5.41, 5.74) is 7.01. The van der Waals surface area contributed by atoms with Gasteiger partial charge in [0.15, 0.2) is 0 Å². The fourth-order valence-electron chi connectivity index (χ4n) is 2.37. The topological polar surface area (TPSA) is 117 Å². The zero-order valence-corrected chi connectivity index (χ0v) is 9.64. The Morgan fingerprint density at radius 2 is 2.39 bits per heavy atom. The Balaban J connectivity index is 2.05. The first kappa shape index (κ1) is 11.2. The Hall–Kier alpha value is -1.86. The number of aromatic amines is 2. The van der Waals surface area contributed by atoms with Crippen LogP contribution >= 0.6 is 0 Å². The molecule has 18 heavy (non-hydrogen) atoms. The van der Waals surface area contributed by atoms with Crippen molar-refractivity contribution in [2.45, 2.75) is 25.0 Å². The van der Waals surface area contributed by atoms with E-state index in [1.807, 2.05) is 0 Å². The first-order valence-corrected chi connectivity index (χ1v) is 5.82. The van der Waals surface area contributed by atoms with Gasteiger partial charge in [0.2, 0.25) is 5.95 Å². The molecule has 0 saturated carbocycles. The van der Waals surface area contributed by atoms with Gasteiger partial charge in [-0.2, -0.15) is 0 Å². The molecule has 0 amide bonds. The summed E-state index contributed by atoms with van der Waals surface area (Å²) in [6.45, 7) is 0.00893. The molecule has 5 N–H and O–H groups in total. The summed E-state index contributed by atoms with van der Waals surface area (Å²) in [6, 6.07) is 0. The number of fused-ring (bicyclic) bond motifs is 1. The number of ether oxygens (including phenoxy) is 1. The molecule has 1 saturated heterocycles. The smallest absolute Gasteiger partial charge is 0.276 e. The molecule has 0 aliphatic carbocycles. The predicted octanol–water partition coefficient (Wildman–Crippen LogP) is 0.0458. The van der Waals surface area contributed by atoms with Gasteiger partial charge in [-0.15, -0.1) is 0 Å². The highest BCUT2D eigenvalue weighted by atomic mass is 16.5. The van der Waals surface area contributed by atoms with E-state index < -0.39 is 0 Å². The number of nitrogen functional groups attached to an aromatic ring is 1. The third-order valence-corrected chi connectivity index (χ3v) is 3.24. The van der Waals surface area contributed by atoms with Gasteiger partial charge in [0, 0.05) is 11.8 Å². The molecule has 7 nitrogen and oxygen atoms in total. The van der Waals surface area contributed by atoms with Crippen molar-refractivity contribution in [2.75, 3.05) is 12.3 Å². The fraction of sp³-hybridized carbons (Fsp3) is 0.455. The van der Waals surface area contributed by atoms with Gasteiger partial charge >= 0.3 is 0 Å². The van der Waals surface area contributed by atoms with Crippen LogP contribution in [-0.2, 0) is 4.74 Å². The summed E-state index contributed by atoms with van der Waals surface area (Å²) in [5.74, 6) is 0.0880. The predicted molar refractivity (Wildman–Crippen MR) is 65.1 cm³/mol. The molecule has 1 aliphatic rings. The normalized spacial score (nSPS) is 23.8. The standard InChI is InChI=1S/C11H14N4O3/c12-11-14-8-6(3-13-9(8)10(17)15-11)7-2-1-5(4-16)18-7/h3,5,7,13,16H,1-2,4H2,(H3,12,14,15,17)/t5-,7+/m0/s1. The van der Waals surface area contributed by atoms with Crippen LogP contribution in [0.3, 0.4) is 0 Å². The zero-order valence-electron chi connectivity index (χ0n) is 9.64. The van der Waals surface area contributed by atoms with Crippen LogP contribution in [0.25, 0.3) is 11.0 Å². The first-order chi connectivity index (χ1) is 8.69. The minimum Gasteiger partial charge on any atom is -0.394 e. The van der Waals surface area contributed by atoms with Crippen molar-refractivity contribution in [3.63, 3.8) is 0 Å². The van der Waals surface area contributed by atoms with Crippen LogP contribution in [0.2, 0.25) is 0 Å². The van der Waals surface area contributed by atoms with E-state index in [0.29, 0.717) is 11.0 Å². The van der Waals surface area contributed by atoms with Gasteiger partial charge in [-0.3, -0.25) is 9.78 Å². The van der Waals surface area contributed by atoms with Crippen molar-refractivity contribution in [3.8, 4) is 0 Å². The number of hydrogen-bond donors (Lipinski definition) is 4. The Morgan fingerprint density at radius 3 is 3.11 bits per heavy atom. The van der Waals surface area contributed by atoms with Gasteiger partial charge in [0.25, 0.3) is 5.56 Å². The molecule has 0 aromatic carbocycles. The summed E-state index contributed by atoms with van der Waals surface area (Å²) in [4.78, 5) is 21.1. The molecule has 3 rings (SSSR count). The van der Waals surface area contributed by atoms with E-state index in [-0.39, 0.29) is 30.3 Å². The van der Waals surface area contributed by atoms with E-state index in [9.17, 15) is 4.79 Å². The number of anilines is 1. The second kappa shape index (κ2) is 4.11. The van der Waals surface area contributed by atoms with Gasteiger partial charge in [-0.25, -0.2) is 4.98 Å². The van der Waals surface area contributed by atoms with Crippen molar-refractivity contribution in [3.05, 3.63) is 22.1 Å². The Labute approximate surface area is 102 Å². The molecule has 2 atom stereocenters. The van der Waals surface area contributed by atoms with Gasteiger partial charge in [-0.05, 0) is 12.8 Å². The van der Waals surface area contributed by atoms with E-state index >= 15 is 0 Å². The Bertz CT molecular complexity index is 633. The van der Waals surface area contributed by atoms with E-state index in [2.05, 4.69) is 15.0 Å². The van der Waals surface area contributed by atoms with Gasteiger partial charge in [0.1, 0.15) is 11.0 Å². The number of nitrogens with zero attached hydrogens (tertiary/aromatic N) is 1. The maximum atomic E-state index is 11.7. The molecule has 0 bridgehead atoms. The lowest BCUT2D eigenvalue weighted by molar-refractivity contribution is 0.0115. The van der Waals surface area contributed by atoms with Crippen LogP contribution in [0, 0.1) is 0 Å². The van der Waals surface area contributed by atoms with Gasteiger partial charge < -0.3 is 20.6 Å². The van der Waals surface area contributed by atoms with Crippen molar-refractivity contribution in [1.82, 2.24) is 15.0 Å². The maximum Gasteiger partial charge on any atom is 0.276 e. The molecule has 96 valence electrons. The lowest BCUT2D eigenvalue weighted by Crippen LogP contribution is -2.12. The third-order valence-electron chi connectivity index (χ3n) is 3.24. The lowest BCUT2D eigenvalue weighted by Gasteiger charge is -2.10. The molecular weight excluding hydrogens is 236 g/mol. The van der Waals surface area contributed by atoms with Gasteiger partial charge in [-0.1, -0.05) is 0 Å². The van der Waals surface area contributed by atoms with Crippen molar-refractivity contribution in [2.24, 2.45) is 0 Å². The molecular formula is C11H14N4O3. The number of rotatable bonds is 2. The van der Waals surface area contributed by atoms with E-state index in [4.69, 9.17) is 15.6 Å². The SMILES string of the molecule is Nc1nc2c([C@H]3CC[C@@H](CO)O3)c[nH]c2c(=O)[nH]1. The van der Waals surface area contributed by atoms with Crippen LogP contribution in [0.15, 0.2) is 11.0 Å². The fourth-order valence-corrected chi connectivity index (χ4v) is 2.37. The highest BCUT2D eigenvalue weighted by molar-refractivity contribution is 5.79. The highest BCUT2D eigenvalue weighted by Gasteiger charge is 2.28. The molecule has 3 heterocycles. The van der Waals surface area contributed by atoms with Crippen molar-refractivity contribution >= 4 is 17.0 Å². The molecule has 0 unspecified atom stereocenters. The van der Waals surface area contributed by atoms with Crippen molar-refractivity contribution in [1.29, 1.82) is 0 Å². The number of aromatic nitrogens is 3. The average Bonchev–Trinajstić information content (AvgIpc) is 2.93. The first-order valence-electron chi connectivity index (χ1n) is 5.82. The molecule has 1 fully saturated rings. The number of hydrogen-bond acceptors (Lipinski definition) is 5.